The second kappa shape index (κ2) is 3.35. The van der Waals surface area contributed by atoms with Crippen molar-refractivity contribution >= 4 is 0 Å². The molecule has 1 aliphatic rings. The topological polar surface area (TPSA) is 21.3 Å². The second-order valence-electron chi connectivity index (χ2n) is 4.74. The van der Waals surface area contributed by atoms with Crippen LogP contribution in [0.3, 0.4) is 0 Å². The molecule has 2 heteroatoms. The molecule has 12 heavy (non-hydrogen) atoms. The third-order valence-corrected chi connectivity index (χ3v) is 2.50. The second-order valence-corrected chi connectivity index (χ2v) is 4.74. The Morgan fingerprint density at radius 2 is 1.92 bits per heavy atom. The highest BCUT2D eigenvalue weighted by Gasteiger charge is 2.40. The predicted octanol–water partition coefficient (Wildman–Crippen LogP) is 1.94. The van der Waals surface area contributed by atoms with E-state index in [1.165, 1.54) is 12.8 Å². The van der Waals surface area contributed by atoms with Crippen LogP contribution < -0.4 is 5.32 Å². The summed E-state index contributed by atoms with van der Waals surface area (Å²) < 4.78 is 5.67. The first-order valence-electron chi connectivity index (χ1n) is 4.80. The molecular formula is C10H21NO. The van der Waals surface area contributed by atoms with Crippen molar-refractivity contribution in [3.05, 3.63) is 0 Å². The van der Waals surface area contributed by atoms with Crippen molar-refractivity contribution in [3.63, 3.8) is 0 Å². The standard InChI is InChI=1S/C10H21NO/c1-9(2,3)12-8-7-10(11-4)5-6-10/h11H,5-8H2,1-4H3. The summed E-state index contributed by atoms with van der Waals surface area (Å²) >= 11 is 0. The van der Waals surface area contributed by atoms with Crippen molar-refractivity contribution in [2.24, 2.45) is 0 Å². The number of rotatable bonds is 4. The Morgan fingerprint density at radius 3 is 2.25 bits per heavy atom. The van der Waals surface area contributed by atoms with Gasteiger partial charge in [0.15, 0.2) is 0 Å². The normalized spacial score (nSPS) is 21.0. The zero-order valence-electron chi connectivity index (χ0n) is 8.74. The van der Waals surface area contributed by atoms with Crippen LogP contribution in [-0.4, -0.2) is 24.8 Å². The van der Waals surface area contributed by atoms with Crippen LogP contribution in [0.5, 0.6) is 0 Å². The summed E-state index contributed by atoms with van der Waals surface area (Å²) in [5.41, 5.74) is 0.453. The maximum Gasteiger partial charge on any atom is 0.0598 e. The summed E-state index contributed by atoms with van der Waals surface area (Å²) in [6, 6.07) is 0. The van der Waals surface area contributed by atoms with Crippen LogP contribution >= 0.6 is 0 Å². The fourth-order valence-corrected chi connectivity index (χ4v) is 1.33. The van der Waals surface area contributed by atoms with Gasteiger partial charge in [-0.25, -0.2) is 0 Å². The zero-order valence-corrected chi connectivity index (χ0v) is 8.74. The van der Waals surface area contributed by atoms with E-state index >= 15 is 0 Å². The molecule has 0 aromatic heterocycles. The van der Waals surface area contributed by atoms with Gasteiger partial charge < -0.3 is 10.1 Å². The maximum absolute atomic E-state index is 5.67. The lowest BCUT2D eigenvalue weighted by atomic mass is 10.1. The van der Waals surface area contributed by atoms with Crippen molar-refractivity contribution in [1.29, 1.82) is 0 Å². The smallest absolute Gasteiger partial charge is 0.0598 e. The summed E-state index contributed by atoms with van der Waals surface area (Å²) in [5.74, 6) is 0. The van der Waals surface area contributed by atoms with Crippen molar-refractivity contribution < 1.29 is 4.74 Å². The van der Waals surface area contributed by atoms with Gasteiger partial charge in [-0.1, -0.05) is 0 Å². The first-order chi connectivity index (χ1) is 5.47. The summed E-state index contributed by atoms with van der Waals surface area (Å²) in [5, 5.41) is 3.36. The van der Waals surface area contributed by atoms with Crippen LogP contribution in [0, 0.1) is 0 Å². The summed E-state index contributed by atoms with van der Waals surface area (Å²) in [6.45, 7) is 7.19. The first kappa shape index (κ1) is 10.0. The molecule has 1 N–H and O–H groups in total. The molecule has 1 fully saturated rings. The highest BCUT2D eigenvalue weighted by molar-refractivity contribution is 5.00. The van der Waals surface area contributed by atoms with E-state index in [9.17, 15) is 0 Å². The lowest BCUT2D eigenvalue weighted by Crippen LogP contribution is -2.30. The molecule has 0 amide bonds. The van der Waals surface area contributed by atoms with Gasteiger partial charge >= 0.3 is 0 Å². The molecule has 0 bridgehead atoms. The molecule has 0 aromatic rings. The monoisotopic (exact) mass is 171 g/mol. The molecule has 0 aliphatic heterocycles. The van der Waals surface area contributed by atoms with Gasteiger partial charge in [-0.05, 0) is 47.1 Å². The third-order valence-electron chi connectivity index (χ3n) is 2.50. The van der Waals surface area contributed by atoms with E-state index in [4.69, 9.17) is 4.74 Å². The van der Waals surface area contributed by atoms with Crippen LogP contribution in [0.25, 0.3) is 0 Å². The molecule has 0 saturated heterocycles. The lowest BCUT2D eigenvalue weighted by Gasteiger charge is -2.22. The zero-order chi connectivity index (χ0) is 9.24. The molecule has 0 atom stereocenters. The van der Waals surface area contributed by atoms with Gasteiger partial charge in [0, 0.05) is 12.1 Å². The van der Waals surface area contributed by atoms with E-state index in [0.29, 0.717) is 5.54 Å². The van der Waals surface area contributed by atoms with Gasteiger partial charge in [0.05, 0.1) is 5.60 Å². The van der Waals surface area contributed by atoms with Crippen LogP contribution in [0.2, 0.25) is 0 Å². The Hall–Kier alpha value is -0.0800. The average molecular weight is 171 g/mol. The molecule has 2 nitrogen and oxygen atoms in total. The molecule has 1 rings (SSSR count). The van der Waals surface area contributed by atoms with E-state index in [-0.39, 0.29) is 5.60 Å². The Labute approximate surface area is 75.7 Å². The Morgan fingerprint density at radius 1 is 1.33 bits per heavy atom. The molecule has 0 heterocycles. The minimum Gasteiger partial charge on any atom is -0.376 e. The highest BCUT2D eigenvalue weighted by atomic mass is 16.5. The number of hydrogen-bond acceptors (Lipinski definition) is 2. The first-order valence-corrected chi connectivity index (χ1v) is 4.80. The van der Waals surface area contributed by atoms with E-state index in [1.807, 2.05) is 7.05 Å². The van der Waals surface area contributed by atoms with Gasteiger partial charge in [-0.2, -0.15) is 0 Å². The molecule has 0 unspecified atom stereocenters. The van der Waals surface area contributed by atoms with Crippen molar-refractivity contribution in [3.8, 4) is 0 Å². The van der Waals surface area contributed by atoms with E-state index in [1.54, 1.807) is 0 Å². The lowest BCUT2D eigenvalue weighted by molar-refractivity contribution is -0.00799. The molecular weight excluding hydrogens is 150 g/mol. The number of hydrogen-bond donors (Lipinski definition) is 1. The van der Waals surface area contributed by atoms with Crippen molar-refractivity contribution in [2.75, 3.05) is 13.7 Å². The summed E-state index contributed by atoms with van der Waals surface area (Å²) in [6.07, 6.45) is 3.79. The van der Waals surface area contributed by atoms with Crippen LogP contribution in [0.15, 0.2) is 0 Å². The minimum atomic E-state index is 0.0177. The quantitative estimate of drug-likeness (QED) is 0.698. The van der Waals surface area contributed by atoms with Crippen LogP contribution in [0.1, 0.15) is 40.0 Å². The maximum atomic E-state index is 5.67. The third kappa shape index (κ3) is 3.11. The summed E-state index contributed by atoms with van der Waals surface area (Å²) in [7, 11) is 2.05. The number of ether oxygens (including phenoxy) is 1. The van der Waals surface area contributed by atoms with Gasteiger partial charge in [-0.15, -0.1) is 0 Å². The van der Waals surface area contributed by atoms with Gasteiger partial charge in [0.1, 0.15) is 0 Å². The Balaban J connectivity index is 2.10. The molecule has 0 aromatic carbocycles. The van der Waals surface area contributed by atoms with Crippen molar-refractivity contribution in [2.45, 2.75) is 51.2 Å². The summed E-state index contributed by atoms with van der Waals surface area (Å²) in [4.78, 5) is 0. The molecule has 72 valence electrons. The van der Waals surface area contributed by atoms with Gasteiger partial charge in [-0.3, -0.25) is 0 Å². The Kier molecular flexibility index (Phi) is 2.79. The molecule has 0 radical (unpaired) electrons. The van der Waals surface area contributed by atoms with E-state index in [0.717, 1.165) is 13.0 Å². The fraction of sp³-hybridized carbons (Fsp3) is 1.00. The SMILES string of the molecule is CNC1(CCOC(C)(C)C)CC1. The highest BCUT2D eigenvalue weighted by Crippen LogP contribution is 2.38. The van der Waals surface area contributed by atoms with E-state index in [2.05, 4.69) is 26.1 Å². The van der Waals surface area contributed by atoms with Crippen LogP contribution in [-0.2, 0) is 4.74 Å². The minimum absolute atomic E-state index is 0.0177. The largest absolute Gasteiger partial charge is 0.376 e. The van der Waals surface area contributed by atoms with Gasteiger partial charge in [0.25, 0.3) is 0 Å². The molecule has 0 spiro atoms. The molecule has 1 aliphatic carbocycles. The van der Waals surface area contributed by atoms with Crippen LogP contribution in [0.4, 0.5) is 0 Å². The van der Waals surface area contributed by atoms with Gasteiger partial charge in [0.2, 0.25) is 0 Å². The fourth-order valence-electron chi connectivity index (χ4n) is 1.33. The predicted molar refractivity (Wildman–Crippen MR) is 51.3 cm³/mol. The van der Waals surface area contributed by atoms with Crippen molar-refractivity contribution in [1.82, 2.24) is 5.32 Å². The average Bonchev–Trinajstić information content (AvgIpc) is 2.67. The number of nitrogens with one attached hydrogen (secondary N) is 1. The molecule has 1 saturated carbocycles. The van der Waals surface area contributed by atoms with E-state index < -0.39 is 0 Å². The Bertz CT molecular complexity index is 144.